The molecular formula is C50H54FN9O7. The maximum Gasteiger partial charge on any atom is 0.408 e. The van der Waals surface area contributed by atoms with E-state index in [0.29, 0.717) is 85.3 Å². The van der Waals surface area contributed by atoms with Crippen molar-refractivity contribution >= 4 is 34.9 Å². The summed E-state index contributed by atoms with van der Waals surface area (Å²) in [5, 5.41) is 6.39. The number of hydrogen-bond acceptors (Lipinski definition) is 10. The van der Waals surface area contributed by atoms with Crippen molar-refractivity contribution < 1.29 is 37.8 Å². The summed E-state index contributed by atoms with van der Waals surface area (Å²) in [4.78, 5) is 77.4. The number of hydrogen-bond donors (Lipinski definition) is 4. The van der Waals surface area contributed by atoms with Crippen molar-refractivity contribution in [1.29, 1.82) is 0 Å². The lowest BCUT2D eigenvalue weighted by atomic mass is 10.0. The minimum Gasteiger partial charge on any atom is -0.453 e. The molecule has 4 N–H and O–H groups in total. The SMILES string of the molecule is COC(=O)N[C@H](C(=O)N1CCC[C@H]1c1ncc(-c2ccc3nc(-c4ccc(-c5cnc([C@@H]6CCCN6C(=O)[C@H](NC(=O)OC6CCOCC6)c6ccccc6)[nH]5)c(F)c4)ccc3c2)[nH]1)C(C)C. The molecule has 0 bridgehead atoms. The van der Waals surface area contributed by atoms with Gasteiger partial charge in [0.15, 0.2) is 0 Å². The van der Waals surface area contributed by atoms with E-state index in [1.165, 1.54) is 13.2 Å². The number of likely N-dealkylation sites (tertiary alicyclic amines) is 2. The van der Waals surface area contributed by atoms with Crippen LogP contribution in [0.1, 0.15) is 87.7 Å². The summed E-state index contributed by atoms with van der Waals surface area (Å²) < 4.78 is 31.8. The van der Waals surface area contributed by atoms with Crippen molar-refractivity contribution in [3.05, 3.63) is 114 Å². The third-order valence-electron chi connectivity index (χ3n) is 12.9. The lowest BCUT2D eigenvalue weighted by Crippen LogP contribution is -2.51. The van der Waals surface area contributed by atoms with Crippen LogP contribution in [0.3, 0.4) is 0 Å². The zero-order valence-electron chi connectivity index (χ0n) is 37.7. The van der Waals surface area contributed by atoms with Gasteiger partial charge < -0.3 is 44.6 Å². The Kier molecular flexibility index (Phi) is 13.3. The maximum absolute atomic E-state index is 16.0. The van der Waals surface area contributed by atoms with E-state index >= 15 is 4.39 Å². The number of carbonyl (C=O) groups excluding carboxylic acids is 4. The molecule has 3 aromatic heterocycles. The molecular weight excluding hydrogens is 858 g/mol. The average molecular weight is 912 g/mol. The smallest absolute Gasteiger partial charge is 0.408 e. The summed E-state index contributed by atoms with van der Waals surface area (Å²) >= 11 is 0. The fourth-order valence-corrected chi connectivity index (χ4v) is 9.35. The monoisotopic (exact) mass is 911 g/mol. The number of ether oxygens (including phenoxy) is 3. The Morgan fingerprint density at radius 1 is 0.761 bits per heavy atom. The molecule has 3 saturated heterocycles. The van der Waals surface area contributed by atoms with Gasteiger partial charge in [0.2, 0.25) is 5.91 Å². The van der Waals surface area contributed by atoms with Gasteiger partial charge in [-0.2, -0.15) is 0 Å². The summed E-state index contributed by atoms with van der Waals surface area (Å²) in [5.74, 6) is 0.156. The first-order valence-electron chi connectivity index (χ1n) is 22.9. The lowest BCUT2D eigenvalue weighted by molar-refractivity contribution is -0.136. The Hall–Kier alpha value is -7.14. The van der Waals surface area contributed by atoms with Crippen LogP contribution in [0.25, 0.3) is 44.7 Å². The van der Waals surface area contributed by atoms with Crippen molar-refractivity contribution in [2.45, 2.75) is 82.6 Å². The Balaban J connectivity index is 0.874. The minimum atomic E-state index is -0.972. The topological polar surface area (TPSA) is 197 Å². The van der Waals surface area contributed by atoms with Crippen molar-refractivity contribution in [3.63, 3.8) is 0 Å². The number of rotatable bonds is 12. The fraction of sp³-hybridized carbons (Fsp3) is 0.380. The van der Waals surface area contributed by atoms with Gasteiger partial charge >= 0.3 is 12.2 Å². The number of fused-ring (bicyclic) bond motifs is 1. The van der Waals surface area contributed by atoms with Crippen LogP contribution in [0.15, 0.2) is 91.3 Å². The van der Waals surface area contributed by atoms with Crippen molar-refractivity contribution in [3.8, 4) is 33.8 Å². The van der Waals surface area contributed by atoms with Crippen LogP contribution in [0.2, 0.25) is 0 Å². The number of H-pyrrole nitrogens is 2. The predicted octanol–water partition coefficient (Wildman–Crippen LogP) is 8.18. The number of amides is 4. The van der Waals surface area contributed by atoms with Crippen molar-refractivity contribution in [1.82, 2.24) is 45.4 Å². The quantitative estimate of drug-likeness (QED) is 0.0930. The lowest BCUT2D eigenvalue weighted by Gasteiger charge is -2.30. The van der Waals surface area contributed by atoms with Gasteiger partial charge in [-0.05, 0) is 67.5 Å². The number of nitrogens with zero attached hydrogens (tertiary/aromatic N) is 5. The number of nitrogens with one attached hydrogen (secondary N) is 4. The van der Waals surface area contributed by atoms with Gasteiger partial charge in [-0.3, -0.25) is 9.59 Å². The second-order valence-electron chi connectivity index (χ2n) is 17.6. The zero-order chi connectivity index (χ0) is 46.6. The van der Waals surface area contributed by atoms with Crippen molar-refractivity contribution in [2.24, 2.45) is 5.92 Å². The van der Waals surface area contributed by atoms with Crippen LogP contribution in [0.5, 0.6) is 0 Å². The normalized spacial score (nSPS) is 18.5. The van der Waals surface area contributed by atoms with E-state index in [0.717, 1.165) is 41.4 Å². The largest absolute Gasteiger partial charge is 0.453 e. The highest BCUT2D eigenvalue weighted by Gasteiger charge is 2.39. The standard InChI is InChI=1S/C50H54FN9O7/c1-29(2)43(57-49(63)65-3)47(61)59-21-7-11-41(59)45-52-27-39(55-45)32-15-18-37-31(25-32)14-17-38(54-37)33-13-16-35(36(51)26-33)40-28-53-46(56-40)42-12-8-22-60(42)48(62)44(30-9-5-4-6-10-30)58-50(64)67-34-19-23-66-24-20-34/h4-6,9-10,13-18,25-29,34,41-44H,7-8,11-12,19-24H2,1-3H3,(H,52,55)(H,53,56)(H,57,63)(H,58,64)/t41-,42-,43-,44+/m0/s1. The predicted molar refractivity (Wildman–Crippen MR) is 246 cm³/mol. The maximum atomic E-state index is 16.0. The van der Waals surface area contributed by atoms with E-state index in [9.17, 15) is 19.2 Å². The molecule has 6 aromatic rings. The van der Waals surface area contributed by atoms with E-state index in [2.05, 4.69) is 30.6 Å². The van der Waals surface area contributed by atoms with Crippen LogP contribution in [0.4, 0.5) is 14.0 Å². The second-order valence-corrected chi connectivity index (χ2v) is 17.6. The first-order chi connectivity index (χ1) is 32.5. The number of carbonyl (C=O) groups is 4. The highest BCUT2D eigenvalue weighted by atomic mass is 19.1. The third-order valence-corrected chi connectivity index (χ3v) is 12.9. The molecule has 4 atom stereocenters. The van der Waals surface area contributed by atoms with E-state index in [1.807, 2.05) is 68.4 Å². The molecule has 348 valence electrons. The molecule has 3 aliphatic heterocycles. The molecule has 3 aromatic carbocycles. The molecule has 9 rings (SSSR count). The van der Waals surface area contributed by atoms with Crippen LogP contribution >= 0.6 is 0 Å². The summed E-state index contributed by atoms with van der Waals surface area (Å²) in [7, 11) is 1.28. The molecule has 0 radical (unpaired) electrons. The van der Waals surface area contributed by atoms with Gasteiger partial charge in [0.05, 0.1) is 67.4 Å². The van der Waals surface area contributed by atoms with Crippen LogP contribution in [0, 0.1) is 11.7 Å². The van der Waals surface area contributed by atoms with Gasteiger partial charge in [-0.1, -0.05) is 62.4 Å². The van der Waals surface area contributed by atoms with Crippen LogP contribution in [-0.2, 0) is 23.8 Å². The molecule has 16 nitrogen and oxygen atoms in total. The summed E-state index contributed by atoms with van der Waals surface area (Å²) in [6, 6.07) is 21.4. The number of methoxy groups -OCH3 is 1. The van der Waals surface area contributed by atoms with E-state index in [-0.39, 0.29) is 29.9 Å². The summed E-state index contributed by atoms with van der Waals surface area (Å²) in [5.41, 5.74) is 5.04. The molecule has 6 heterocycles. The molecule has 17 heteroatoms. The number of benzene rings is 3. The molecule has 3 fully saturated rings. The summed E-state index contributed by atoms with van der Waals surface area (Å²) in [6.45, 7) is 5.83. The molecule has 0 saturated carbocycles. The Morgan fingerprint density at radius 3 is 2.12 bits per heavy atom. The number of aromatic nitrogens is 5. The fourth-order valence-electron chi connectivity index (χ4n) is 9.35. The molecule has 0 unspecified atom stereocenters. The van der Waals surface area contributed by atoms with Gasteiger partial charge in [0, 0.05) is 48.0 Å². The van der Waals surface area contributed by atoms with Crippen molar-refractivity contribution in [2.75, 3.05) is 33.4 Å². The molecule has 67 heavy (non-hydrogen) atoms. The Bertz CT molecular complexity index is 2750. The van der Waals surface area contributed by atoms with Gasteiger partial charge in [-0.25, -0.2) is 28.9 Å². The number of pyridine rings is 1. The molecule has 3 aliphatic rings. The highest BCUT2D eigenvalue weighted by molar-refractivity contribution is 5.89. The molecule has 0 aliphatic carbocycles. The first kappa shape index (κ1) is 45.0. The van der Waals surface area contributed by atoms with E-state index in [4.69, 9.17) is 19.2 Å². The molecule has 4 amide bonds. The third kappa shape index (κ3) is 9.73. The first-order valence-corrected chi connectivity index (χ1v) is 22.9. The van der Waals surface area contributed by atoms with Gasteiger partial charge in [0.1, 0.15) is 35.7 Å². The molecule has 0 spiro atoms. The minimum absolute atomic E-state index is 0.135. The average Bonchev–Trinajstić information content (AvgIpc) is 4.20. The number of aromatic amines is 2. The van der Waals surface area contributed by atoms with E-state index in [1.54, 1.807) is 40.4 Å². The van der Waals surface area contributed by atoms with Gasteiger partial charge in [0.25, 0.3) is 5.91 Å². The highest BCUT2D eigenvalue weighted by Crippen LogP contribution is 2.36. The Labute approximate surface area is 387 Å². The van der Waals surface area contributed by atoms with Crippen LogP contribution < -0.4 is 10.6 Å². The number of halogens is 1. The zero-order valence-corrected chi connectivity index (χ0v) is 37.7. The van der Waals surface area contributed by atoms with Gasteiger partial charge in [-0.15, -0.1) is 0 Å². The van der Waals surface area contributed by atoms with E-state index < -0.39 is 36.1 Å². The Morgan fingerprint density at radius 2 is 1.43 bits per heavy atom. The number of imidazole rings is 2. The number of alkyl carbamates (subject to hydrolysis) is 2. The van der Waals surface area contributed by atoms with Crippen LogP contribution in [-0.4, -0.2) is 104 Å². The second kappa shape index (κ2) is 19.8. The summed E-state index contributed by atoms with van der Waals surface area (Å²) in [6.07, 6.45) is 5.89.